The van der Waals surface area contributed by atoms with Gasteiger partial charge in [-0.1, -0.05) is 92.5 Å². The van der Waals surface area contributed by atoms with Crippen molar-refractivity contribution in [3.05, 3.63) is 35.9 Å². The van der Waals surface area contributed by atoms with Gasteiger partial charge in [-0.2, -0.15) is 0 Å². The van der Waals surface area contributed by atoms with Gasteiger partial charge in [-0.05, 0) is 62.3 Å². The monoisotopic (exact) mass is 1420 g/mol. The van der Waals surface area contributed by atoms with E-state index in [1.165, 1.54) is 0 Å². The number of guanidine groups is 3. The molecule has 1 heterocycles. The summed E-state index contributed by atoms with van der Waals surface area (Å²) in [5.41, 5.74) is 39.0. The quantitative estimate of drug-likeness (QED) is 0.0138. The molecule has 1 fully saturated rings. The largest absolute Gasteiger partial charge is 0.481 e. The zero-order valence-corrected chi connectivity index (χ0v) is 56.8. The Labute approximate surface area is 573 Å². The number of carbonyl (C=O) groups excluding carboxylic acids is 11. The number of hydrogen-bond acceptors (Lipinski definition) is 21. The molecular weight excluding hydrogens is 1330 g/mol. The first-order chi connectivity index (χ1) is 46.3. The van der Waals surface area contributed by atoms with Crippen LogP contribution in [0.15, 0.2) is 45.3 Å². The molecule has 548 valence electrons. The number of nitrogens with one attached hydrogen (secondary N) is 11. The van der Waals surface area contributed by atoms with Crippen LogP contribution in [-0.4, -0.2) is 233 Å². The summed E-state index contributed by atoms with van der Waals surface area (Å²) in [6.07, 6.45) is -0.957. The van der Waals surface area contributed by atoms with Gasteiger partial charge in [-0.25, -0.2) is 4.79 Å². The summed E-state index contributed by atoms with van der Waals surface area (Å²) in [5, 5.41) is 67.0. The fraction of sp³-hybridized carbons (Fsp3) is 0.621. The first-order valence-electron chi connectivity index (χ1n) is 31.5. The van der Waals surface area contributed by atoms with Crippen LogP contribution >= 0.6 is 21.6 Å². The number of hydrogen-bond donors (Lipinski definition) is 22. The molecule has 1 aliphatic heterocycles. The number of carboxylic acid groups (broad SMARTS) is 2. The van der Waals surface area contributed by atoms with Gasteiger partial charge in [-0.3, -0.25) is 72.5 Å². The van der Waals surface area contributed by atoms with Crippen molar-refractivity contribution < 1.29 is 82.8 Å². The predicted octanol–water partition coefficient (Wildman–Crippen LogP) is -7.90. The van der Waals surface area contributed by atoms with Crippen LogP contribution in [0.25, 0.3) is 0 Å². The van der Waals surface area contributed by atoms with Crippen LogP contribution in [-0.2, 0) is 68.7 Å². The van der Waals surface area contributed by atoms with Crippen LogP contribution < -0.4 is 98.6 Å². The first-order valence-corrected chi connectivity index (χ1v) is 34.0. The van der Waals surface area contributed by atoms with Gasteiger partial charge in [-0.15, -0.1) is 0 Å². The number of carbonyl (C=O) groups is 13. The van der Waals surface area contributed by atoms with Crippen LogP contribution in [0.4, 0.5) is 0 Å². The average molecular weight is 1420 g/mol. The van der Waals surface area contributed by atoms with Gasteiger partial charge < -0.3 is 119 Å². The van der Waals surface area contributed by atoms with Crippen LogP contribution in [0.3, 0.4) is 0 Å². The van der Waals surface area contributed by atoms with Crippen molar-refractivity contribution in [2.24, 2.45) is 66.9 Å². The number of aliphatic hydroxyl groups excluding tert-OH is 2. The normalized spacial score (nSPS) is 21.4. The molecule has 29 N–H and O–H groups in total. The molecule has 11 amide bonds. The van der Waals surface area contributed by atoms with E-state index in [2.05, 4.69) is 73.5 Å². The van der Waals surface area contributed by atoms with E-state index in [4.69, 9.17) is 40.1 Å². The van der Waals surface area contributed by atoms with E-state index in [9.17, 15) is 82.8 Å². The number of amides is 11. The van der Waals surface area contributed by atoms with Crippen molar-refractivity contribution in [2.75, 3.05) is 50.9 Å². The van der Waals surface area contributed by atoms with Gasteiger partial charge in [0.2, 0.25) is 65.0 Å². The molecule has 1 aromatic carbocycles. The highest BCUT2D eigenvalue weighted by Gasteiger charge is 2.38. The molecule has 0 spiro atoms. The lowest BCUT2D eigenvalue weighted by atomic mass is 9.96. The molecule has 0 aromatic heterocycles. The Morgan fingerprint density at radius 3 is 1.58 bits per heavy atom. The van der Waals surface area contributed by atoms with Gasteiger partial charge in [0, 0.05) is 37.6 Å². The highest BCUT2D eigenvalue weighted by Crippen LogP contribution is 2.24. The summed E-state index contributed by atoms with van der Waals surface area (Å²) >= 11 is 0. The van der Waals surface area contributed by atoms with Gasteiger partial charge in [0.1, 0.15) is 66.5 Å². The molecule has 40 heteroatoms. The number of aliphatic hydroxyl groups is 2. The Balaban J connectivity index is 2.99. The van der Waals surface area contributed by atoms with Gasteiger partial charge in [0.15, 0.2) is 17.9 Å². The minimum atomic E-state index is -1.95. The number of carboxylic acids is 2. The molecule has 2 unspecified atom stereocenters. The second-order valence-electron chi connectivity index (χ2n) is 22.9. The molecule has 98 heavy (non-hydrogen) atoms. The molecule has 38 nitrogen and oxygen atoms in total. The Hall–Kier alpha value is -9.28. The molecule has 1 saturated heterocycles. The third-order valence-corrected chi connectivity index (χ3v) is 17.5. The lowest BCUT2D eigenvalue weighted by Crippen LogP contribution is -2.62. The van der Waals surface area contributed by atoms with E-state index in [0.29, 0.717) is 12.0 Å². The van der Waals surface area contributed by atoms with Gasteiger partial charge >= 0.3 is 11.9 Å². The van der Waals surface area contributed by atoms with E-state index in [1.807, 2.05) is 0 Å². The first kappa shape index (κ1) is 84.8. The second kappa shape index (κ2) is 45.3. The van der Waals surface area contributed by atoms with Gasteiger partial charge in [0.05, 0.1) is 26.2 Å². The Morgan fingerprint density at radius 1 is 0.571 bits per heavy atom. The number of aliphatic imine (C=N–C) groups is 3. The maximum atomic E-state index is 14.9. The zero-order chi connectivity index (χ0) is 73.6. The Bertz CT molecular complexity index is 2940. The summed E-state index contributed by atoms with van der Waals surface area (Å²) in [6, 6.07) is -9.77. The molecule has 0 saturated carbocycles. The van der Waals surface area contributed by atoms with Crippen LogP contribution in [0.5, 0.6) is 0 Å². The zero-order valence-electron chi connectivity index (χ0n) is 55.1. The van der Waals surface area contributed by atoms with Crippen LogP contribution in [0, 0.1) is 11.8 Å². The van der Waals surface area contributed by atoms with Crippen molar-refractivity contribution >= 4 is 116 Å². The molecule has 1 aliphatic rings. The van der Waals surface area contributed by atoms with Crippen molar-refractivity contribution in [1.29, 1.82) is 0 Å². The molecule has 0 aliphatic carbocycles. The third-order valence-electron chi connectivity index (χ3n) is 15.1. The van der Waals surface area contributed by atoms with Crippen LogP contribution in [0.2, 0.25) is 0 Å². The maximum Gasteiger partial charge on any atom is 0.326 e. The molecule has 1 aromatic rings. The van der Waals surface area contributed by atoms with Crippen molar-refractivity contribution in [2.45, 2.75) is 165 Å². The molecule has 0 radical (unpaired) electrons. The summed E-state index contributed by atoms with van der Waals surface area (Å²) in [6.45, 7) is 3.58. The highest BCUT2D eigenvalue weighted by molar-refractivity contribution is 8.76. The van der Waals surface area contributed by atoms with E-state index in [0.717, 1.165) is 21.6 Å². The molecule has 2 rings (SSSR count). The third kappa shape index (κ3) is 32.2. The standard InChI is InChI=1S/C58H97N21O17S2/c1-5-29(3)43-53(93)74-37(23-42(83)84)50(90)71-34(18-13-21-68-58(64)65)48(88)79-44(30(4)6-2)54(94)77-40(52(92)73-36(22-31-14-8-7-9-15-31)49(89)72-35(55(95)96)16-10-11-19-66-56(60)61)28-98-97-27-39(76-51(91)38(26-81)75-45(85)32(59)25-80)46(86)69-24-41(82)70-33(47(87)78-43)17-12-20-67-57(62)63/h7-9,14-15,29-30,32-40,43-44,80-81H,5-6,10-13,16-28,59H2,1-4H3,(H,69,86)(H,70,82)(H,71,90)(H,72,89)(H,73,92)(H,74,93)(H,75,85)(H,76,91)(H,77,94)(H,78,87)(H,79,88)(H,83,84)(H,95,96)(H4,60,61,66)(H4,62,63,67)(H4,64,65,68)/t29-,30-,32-,33-,34-,35-,36-,37?,38-,39-,40?,43-,44-/m0/s1. The number of nitrogens with zero attached hydrogens (tertiary/aromatic N) is 3. The summed E-state index contributed by atoms with van der Waals surface area (Å²) in [4.78, 5) is 193. The van der Waals surface area contributed by atoms with E-state index in [-0.39, 0.29) is 95.3 Å². The SMILES string of the molecule is CC[C@H](C)[C@@H]1NC(=O)[C@H](CCCN=C(N)N)NC(=O)CNC(=O)[C@@H](NC(=O)[C@H](CO)NC(=O)[C@@H](N)CO)CSSCC(C(=O)N[C@@H](Cc2ccccc2)C(=O)N[C@@H](CCCCN=C(N)N)C(=O)O)NC(=O)[C@H]([C@@H](C)CC)NC(=O)[C@H](CCCN=C(N)N)NC(=O)C(CC(=O)O)NC1=O. The number of unbranched alkanes of at least 4 members (excludes halogenated alkanes) is 1. The predicted molar refractivity (Wildman–Crippen MR) is 363 cm³/mol. The number of rotatable bonds is 32. The highest BCUT2D eigenvalue weighted by atomic mass is 33.1. The van der Waals surface area contributed by atoms with Gasteiger partial charge in [0.25, 0.3) is 0 Å². The Kier molecular flexibility index (Phi) is 39.2. The van der Waals surface area contributed by atoms with Crippen LogP contribution in [0.1, 0.15) is 97.5 Å². The number of benzene rings is 1. The topological polar surface area (TPSA) is 654 Å². The van der Waals surface area contributed by atoms with E-state index in [1.54, 1.807) is 58.0 Å². The van der Waals surface area contributed by atoms with Crippen molar-refractivity contribution in [1.82, 2.24) is 58.5 Å². The number of aliphatic carboxylic acids is 2. The summed E-state index contributed by atoms with van der Waals surface area (Å²) in [7, 11) is 1.58. The minimum absolute atomic E-state index is 0.0240. The van der Waals surface area contributed by atoms with Crippen molar-refractivity contribution in [3.8, 4) is 0 Å². The fourth-order valence-corrected chi connectivity index (χ4v) is 11.5. The molecule has 0 bridgehead atoms. The lowest BCUT2D eigenvalue weighted by Gasteiger charge is -2.30. The average Bonchev–Trinajstić information content (AvgIpc) is 0.868. The smallest absolute Gasteiger partial charge is 0.326 e. The second-order valence-corrected chi connectivity index (χ2v) is 25.4. The molecular formula is C58H97N21O17S2. The summed E-state index contributed by atoms with van der Waals surface area (Å²) in [5.74, 6) is -18.0. The number of nitrogens with two attached hydrogens (primary N) is 7. The van der Waals surface area contributed by atoms with E-state index >= 15 is 0 Å². The minimum Gasteiger partial charge on any atom is -0.481 e. The van der Waals surface area contributed by atoms with E-state index < -0.39 is 193 Å². The fourth-order valence-electron chi connectivity index (χ4n) is 9.13. The summed E-state index contributed by atoms with van der Waals surface area (Å²) < 4.78 is 0. The maximum absolute atomic E-state index is 14.9. The molecule has 13 atom stereocenters. The lowest BCUT2D eigenvalue weighted by molar-refractivity contribution is -0.142. The van der Waals surface area contributed by atoms with Crippen molar-refractivity contribution in [3.63, 3.8) is 0 Å². The Morgan fingerprint density at radius 2 is 1.07 bits per heavy atom.